The van der Waals surface area contributed by atoms with E-state index in [2.05, 4.69) is 74.2 Å². The zero-order valence-corrected chi connectivity index (χ0v) is 22.9. The number of aromatic amines is 2. The highest BCUT2D eigenvalue weighted by atomic mass is 16.3. The van der Waals surface area contributed by atoms with E-state index in [0.29, 0.717) is 12.2 Å². The molecule has 1 saturated heterocycles. The molecule has 0 radical (unpaired) electrons. The van der Waals surface area contributed by atoms with Crippen LogP contribution in [0.4, 0.5) is 11.5 Å². The van der Waals surface area contributed by atoms with Crippen molar-refractivity contribution < 1.29 is 5.11 Å². The van der Waals surface area contributed by atoms with Gasteiger partial charge in [-0.05, 0) is 48.7 Å². The number of anilines is 2. The molecular formula is C29H35N9O. The number of aliphatic hydroxyl groups excluding tert-OH is 1. The molecule has 1 aromatic carbocycles. The van der Waals surface area contributed by atoms with Crippen molar-refractivity contribution in [1.29, 1.82) is 0 Å². The Morgan fingerprint density at radius 1 is 1.03 bits per heavy atom. The first-order valence-electron chi connectivity index (χ1n) is 13.4. The van der Waals surface area contributed by atoms with Crippen molar-refractivity contribution in [2.24, 2.45) is 5.41 Å². The minimum absolute atomic E-state index is 0.0121. The number of imidazole rings is 1. The van der Waals surface area contributed by atoms with Gasteiger partial charge >= 0.3 is 0 Å². The molecular weight excluding hydrogens is 490 g/mol. The van der Waals surface area contributed by atoms with Crippen molar-refractivity contribution in [3.8, 4) is 22.6 Å². The van der Waals surface area contributed by atoms with E-state index < -0.39 is 6.23 Å². The van der Waals surface area contributed by atoms with Gasteiger partial charge in [-0.25, -0.2) is 9.97 Å². The number of hydrogen-bond donors (Lipinski definition) is 4. The van der Waals surface area contributed by atoms with E-state index in [0.717, 1.165) is 76.4 Å². The largest absolute Gasteiger partial charge is 0.374 e. The summed E-state index contributed by atoms with van der Waals surface area (Å²) in [6, 6.07) is 10.1. The average molecular weight is 526 g/mol. The Morgan fingerprint density at radius 3 is 2.64 bits per heavy atom. The zero-order chi connectivity index (χ0) is 27.1. The van der Waals surface area contributed by atoms with Crippen molar-refractivity contribution in [2.45, 2.75) is 33.4 Å². The van der Waals surface area contributed by atoms with Crippen LogP contribution in [0.3, 0.4) is 0 Å². The van der Waals surface area contributed by atoms with E-state index >= 15 is 0 Å². The summed E-state index contributed by atoms with van der Waals surface area (Å²) >= 11 is 0. The number of pyridine rings is 2. The second kappa shape index (κ2) is 9.94. The van der Waals surface area contributed by atoms with Crippen molar-refractivity contribution in [3.63, 3.8) is 0 Å². The van der Waals surface area contributed by atoms with Gasteiger partial charge in [-0.2, -0.15) is 5.10 Å². The molecule has 0 aliphatic carbocycles. The molecule has 10 nitrogen and oxygen atoms in total. The van der Waals surface area contributed by atoms with Crippen LogP contribution in [-0.2, 0) is 0 Å². The Morgan fingerprint density at radius 2 is 1.85 bits per heavy atom. The number of piperazine rings is 1. The maximum atomic E-state index is 10.5. The van der Waals surface area contributed by atoms with Crippen molar-refractivity contribution in [2.75, 3.05) is 43.4 Å². The van der Waals surface area contributed by atoms with E-state index in [4.69, 9.17) is 4.98 Å². The number of nitrogens with one attached hydrogen (secondary N) is 3. The summed E-state index contributed by atoms with van der Waals surface area (Å²) in [7, 11) is 2.15. The lowest BCUT2D eigenvalue weighted by Crippen LogP contribution is -2.44. The lowest BCUT2D eigenvalue weighted by molar-refractivity contribution is 0.145. The summed E-state index contributed by atoms with van der Waals surface area (Å²) in [6.07, 6.45) is 5.38. The molecule has 1 unspecified atom stereocenters. The number of H-pyrrole nitrogens is 2. The molecule has 1 aliphatic rings. The molecule has 4 aromatic heterocycles. The van der Waals surface area contributed by atoms with Gasteiger partial charge in [0.2, 0.25) is 0 Å². The molecule has 1 atom stereocenters. The first-order chi connectivity index (χ1) is 18.7. The first kappa shape index (κ1) is 25.3. The van der Waals surface area contributed by atoms with E-state index in [-0.39, 0.29) is 5.41 Å². The SMILES string of the molecule is CN1CCN(c2nccc3[nH]c(-c4n[nH]c5ccc(-c6cncc(NC(O)CC(C)(C)C)c6)cc45)nc23)CC1. The molecule has 0 amide bonds. The minimum Gasteiger partial charge on any atom is -0.374 e. The molecule has 5 heterocycles. The van der Waals surface area contributed by atoms with Crippen LogP contribution in [-0.4, -0.2) is 79.6 Å². The fraction of sp³-hybridized carbons (Fsp3) is 0.379. The Balaban J connectivity index is 1.32. The van der Waals surface area contributed by atoms with Gasteiger partial charge in [-0.15, -0.1) is 0 Å². The highest BCUT2D eigenvalue weighted by Gasteiger charge is 2.21. The van der Waals surface area contributed by atoms with E-state index in [1.54, 1.807) is 6.20 Å². The monoisotopic (exact) mass is 525 g/mol. The molecule has 6 rings (SSSR count). The van der Waals surface area contributed by atoms with Crippen LogP contribution >= 0.6 is 0 Å². The second-order valence-corrected chi connectivity index (χ2v) is 11.6. The highest BCUT2D eigenvalue weighted by Crippen LogP contribution is 2.33. The summed E-state index contributed by atoms with van der Waals surface area (Å²) in [5.41, 5.74) is 6.23. The number of benzene rings is 1. The fourth-order valence-corrected chi connectivity index (χ4v) is 5.16. The molecule has 39 heavy (non-hydrogen) atoms. The van der Waals surface area contributed by atoms with E-state index in [1.165, 1.54) is 0 Å². The standard InChI is InChI=1S/C29H35N9O/c1-29(2,3)15-24(39)32-20-13-19(16-30-17-20)18-5-6-22-21(14-18)25(36-35-22)27-33-23-7-8-31-28(26(23)34-27)38-11-9-37(4)10-12-38/h5-8,13-14,16-17,24,32,39H,9-12,15H2,1-4H3,(H,33,34)(H,35,36). The molecule has 1 fully saturated rings. The summed E-state index contributed by atoms with van der Waals surface area (Å²) in [6.45, 7) is 10.2. The summed E-state index contributed by atoms with van der Waals surface area (Å²) < 4.78 is 0. The smallest absolute Gasteiger partial charge is 0.159 e. The molecule has 0 spiro atoms. The molecule has 10 heteroatoms. The molecule has 202 valence electrons. The third-order valence-corrected chi connectivity index (χ3v) is 7.18. The maximum Gasteiger partial charge on any atom is 0.159 e. The molecule has 0 bridgehead atoms. The van der Waals surface area contributed by atoms with E-state index in [9.17, 15) is 5.11 Å². The number of fused-ring (bicyclic) bond motifs is 2. The first-order valence-corrected chi connectivity index (χ1v) is 13.4. The van der Waals surface area contributed by atoms with Crippen molar-refractivity contribution in [1.82, 2.24) is 35.0 Å². The topological polar surface area (TPSA) is 122 Å². The van der Waals surface area contributed by atoms with Gasteiger partial charge in [-0.1, -0.05) is 26.8 Å². The highest BCUT2D eigenvalue weighted by molar-refractivity contribution is 5.97. The van der Waals surface area contributed by atoms with Crippen LogP contribution < -0.4 is 10.2 Å². The van der Waals surface area contributed by atoms with Crippen LogP contribution in [0.5, 0.6) is 0 Å². The Labute approximate surface area is 227 Å². The number of aromatic nitrogens is 6. The quantitative estimate of drug-likeness (QED) is 0.239. The number of rotatable bonds is 6. The van der Waals surface area contributed by atoms with Crippen LogP contribution in [0.25, 0.3) is 44.6 Å². The Hall–Kier alpha value is -4.02. The predicted molar refractivity (Wildman–Crippen MR) is 156 cm³/mol. The molecule has 5 aromatic rings. The average Bonchev–Trinajstić information content (AvgIpc) is 3.52. The molecule has 1 aliphatic heterocycles. The van der Waals surface area contributed by atoms with Crippen molar-refractivity contribution in [3.05, 3.63) is 48.9 Å². The van der Waals surface area contributed by atoms with Gasteiger partial charge in [0.25, 0.3) is 0 Å². The van der Waals surface area contributed by atoms with Gasteiger partial charge in [0, 0.05) is 49.5 Å². The second-order valence-electron chi connectivity index (χ2n) is 11.6. The number of likely N-dealkylation sites (N-methyl/N-ethyl adjacent to an activating group) is 1. The van der Waals surface area contributed by atoms with Crippen LogP contribution in [0, 0.1) is 5.41 Å². The van der Waals surface area contributed by atoms with Crippen LogP contribution in [0.15, 0.2) is 48.9 Å². The lowest BCUT2D eigenvalue weighted by atomic mass is 9.91. The summed E-state index contributed by atoms with van der Waals surface area (Å²) in [5.74, 6) is 1.61. The number of hydrogen-bond acceptors (Lipinski definition) is 8. The van der Waals surface area contributed by atoms with E-state index in [1.807, 2.05) is 36.7 Å². The van der Waals surface area contributed by atoms with Gasteiger partial charge in [-0.3, -0.25) is 10.1 Å². The molecule has 4 N–H and O–H groups in total. The minimum atomic E-state index is -0.650. The van der Waals surface area contributed by atoms with Gasteiger partial charge in [0.1, 0.15) is 17.4 Å². The number of nitrogens with zero attached hydrogens (tertiary/aromatic N) is 6. The Bertz CT molecular complexity index is 1610. The zero-order valence-electron chi connectivity index (χ0n) is 22.9. The Kier molecular flexibility index (Phi) is 6.44. The fourth-order valence-electron chi connectivity index (χ4n) is 5.16. The van der Waals surface area contributed by atoms with Crippen LogP contribution in [0.2, 0.25) is 0 Å². The third kappa shape index (κ3) is 5.30. The number of aliphatic hydroxyl groups is 1. The summed E-state index contributed by atoms with van der Waals surface area (Å²) in [4.78, 5) is 22.2. The van der Waals surface area contributed by atoms with Crippen LogP contribution in [0.1, 0.15) is 27.2 Å². The van der Waals surface area contributed by atoms with Gasteiger partial charge in [0.15, 0.2) is 11.6 Å². The van der Waals surface area contributed by atoms with Gasteiger partial charge < -0.3 is 25.2 Å². The maximum absolute atomic E-state index is 10.5. The lowest BCUT2D eigenvalue weighted by Gasteiger charge is -2.33. The van der Waals surface area contributed by atoms with Crippen molar-refractivity contribution >= 4 is 33.4 Å². The summed E-state index contributed by atoms with van der Waals surface area (Å²) in [5, 5.41) is 22.4. The molecule has 0 saturated carbocycles. The normalized spacial score (nSPS) is 15.8. The van der Waals surface area contributed by atoms with Gasteiger partial charge in [0.05, 0.1) is 22.9 Å². The predicted octanol–water partition coefficient (Wildman–Crippen LogP) is 4.48. The third-order valence-electron chi connectivity index (χ3n) is 7.18.